The van der Waals surface area contributed by atoms with Crippen LogP contribution in [0.4, 0.5) is 41.9 Å². The summed E-state index contributed by atoms with van der Waals surface area (Å²) in [6.07, 6.45) is -3.61. The van der Waals surface area contributed by atoms with Gasteiger partial charge in [0.05, 0.1) is 15.5 Å². The highest BCUT2D eigenvalue weighted by Crippen LogP contribution is 2.38. The van der Waals surface area contributed by atoms with Crippen LogP contribution in [0.1, 0.15) is 11.1 Å². The second-order valence-electron chi connectivity index (χ2n) is 5.99. The Balaban J connectivity index is 1.99. The van der Waals surface area contributed by atoms with Crippen molar-refractivity contribution in [1.82, 2.24) is 9.97 Å². The number of hydrogen-bond acceptors (Lipinski definition) is 6. The van der Waals surface area contributed by atoms with Crippen molar-refractivity contribution in [3.8, 4) is 0 Å². The van der Waals surface area contributed by atoms with E-state index in [-0.39, 0.29) is 17.3 Å². The molecule has 1 aromatic heterocycles. The summed E-state index contributed by atoms with van der Waals surface area (Å²) >= 11 is 5.60. The smallest absolute Gasteiger partial charge is 0.334 e. The Kier molecular flexibility index (Phi) is 5.55. The maximum atomic E-state index is 13.1. The van der Waals surface area contributed by atoms with Crippen LogP contribution in [0.2, 0.25) is 5.02 Å². The summed E-state index contributed by atoms with van der Waals surface area (Å²) in [5.74, 6) is -0.376. The Morgan fingerprint density at radius 2 is 1.66 bits per heavy atom. The summed E-state index contributed by atoms with van der Waals surface area (Å²) in [5, 5.41) is 16.5. The number of nitrogens with zero attached hydrogens (tertiary/aromatic N) is 3. The fourth-order valence-corrected chi connectivity index (χ4v) is 2.78. The molecule has 0 aliphatic carbocycles. The van der Waals surface area contributed by atoms with Crippen LogP contribution in [0.5, 0.6) is 0 Å². The molecule has 0 aliphatic heterocycles. The lowest BCUT2D eigenvalue weighted by Gasteiger charge is -2.13. The quantitative estimate of drug-likeness (QED) is 0.395. The van der Waals surface area contributed by atoms with Crippen molar-refractivity contribution in [2.24, 2.45) is 0 Å². The summed E-state index contributed by atoms with van der Waals surface area (Å²) in [7, 11) is 0. The monoisotopic (exact) mass is 423 g/mol. The number of hydrogen-bond donors (Lipinski definition) is 2. The first kappa shape index (κ1) is 20.3. The van der Waals surface area contributed by atoms with Crippen molar-refractivity contribution >= 4 is 40.3 Å². The van der Waals surface area contributed by atoms with Gasteiger partial charge >= 0.3 is 11.9 Å². The summed E-state index contributed by atoms with van der Waals surface area (Å²) in [6, 6.07) is 10.1. The van der Waals surface area contributed by atoms with E-state index in [9.17, 15) is 23.3 Å². The average molecular weight is 424 g/mol. The molecular weight excluding hydrogens is 411 g/mol. The maximum absolute atomic E-state index is 13.1. The van der Waals surface area contributed by atoms with E-state index in [1.807, 2.05) is 13.0 Å². The number of aryl methyl sites for hydroxylation is 1. The van der Waals surface area contributed by atoms with Gasteiger partial charge in [-0.25, -0.2) is 9.97 Å². The Morgan fingerprint density at radius 3 is 2.21 bits per heavy atom. The number of benzene rings is 2. The molecule has 150 valence electrons. The fraction of sp³-hybridized carbons (Fsp3) is 0.111. The van der Waals surface area contributed by atoms with Gasteiger partial charge in [0.25, 0.3) is 0 Å². The number of halogens is 4. The molecule has 0 radical (unpaired) electrons. The van der Waals surface area contributed by atoms with Crippen LogP contribution in [0.15, 0.2) is 48.8 Å². The van der Waals surface area contributed by atoms with Crippen LogP contribution in [-0.2, 0) is 6.18 Å². The Morgan fingerprint density at radius 1 is 1.03 bits per heavy atom. The Labute approximate surface area is 167 Å². The van der Waals surface area contributed by atoms with Gasteiger partial charge in [-0.15, -0.1) is 0 Å². The third-order valence-electron chi connectivity index (χ3n) is 3.82. The van der Waals surface area contributed by atoms with Gasteiger partial charge in [0.2, 0.25) is 11.6 Å². The molecule has 0 saturated heterocycles. The van der Waals surface area contributed by atoms with Crippen LogP contribution in [0.3, 0.4) is 0 Å². The molecule has 2 N–H and O–H groups in total. The summed E-state index contributed by atoms with van der Waals surface area (Å²) < 4.78 is 39.2. The molecule has 0 atom stereocenters. The largest absolute Gasteiger partial charge is 0.417 e. The van der Waals surface area contributed by atoms with Crippen molar-refractivity contribution < 1.29 is 18.1 Å². The highest BCUT2D eigenvalue weighted by Gasteiger charge is 2.33. The lowest BCUT2D eigenvalue weighted by molar-refractivity contribution is -0.383. The zero-order valence-electron chi connectivity index (χ0n) is 14.8. The van der Waals surface area contributed by atoms with Gasteiger partial charge < -0.3 is 10.6 Å². The van der Waals surface area contributed by atoms with E-state index in [1.165, 1.54) is 6.07 Å². The summed E-state index contributed by atoms with van der Waals surface area (Å²) in [6.45, 7) is 1.85. The van der Waals surface area contributed by atoms with Crippen molar-refractivity contribution in [3.63, 3.8) is 0 Å². The van der Waals surface area contributed by atoms with E-state index >= 15 is 0 Å². The molecule has 0 aliphatic rings. The topological polar surface area (TPSA) is 93.0 Å². The minimum absolute atomic E-state index is 0.0648. The van der Waals surface area contributed by atoms with Gasteiger partial charge in [0.1, 0.15) is 6.33 Å². The van der Waals surface area contributed by atoms with Crippen LogP contribution in [0.25, 0.3) is 0 Å². The highest BCUT2D eigenvalue weighted by atomic mass is 35.5. The lowest BCUT2D eigenvalue weighted by atomic mass is 10.2. The van der Waals surface area contributed by atoms with Crippen LogP contribution in [0, 0.1) is 17.0 Å². The third kappa shape index (κ3) is 4.72. The molecule has 11 heteroatoms. The van der Waals surface area contributed by atoms with Crippen molar-refractivity contribution in [1.29, 1.82) is 0 Å². The van der Waals surface area contributed by atoms with Crippen molar-refractivity contribution in [2.45, 2.75) is 13.1 Å². The Hall–Kier alpha value is -3.40. The second kappa shape index (κ2) is 7.92. The predicted octanol–water partition coefficient (Wildman–Crippen LogP) is 5.85. The van der Waals surface area contributed by atoms with E-state index in [0.717, 1.165) is 24.0 Å². The van der Waals surface area contributed by atoms with Gasteiger partial charge in [-0.3, -0.25) is 10.1 Å². The first-order valence-corrected chi connectivity index (χ1v) is 8.50. The maximum Gasteiger partial charge on any atom is 0.417 e. The van der Waals surface area contributed by atoms with Crippen molar-refractivity contribution in [2.75, 3.05) is 10.6 Å². The minimum Gasteiger partial charge on any atom is -0.334 e. The molecule has 0 saturated carbocycles. The first-order valence-electron chi connectivity index (χ1n) is 8.12. The molecule has 1 heterocycles. The van der Waals surface area contributed by atoms with E-state index in [0.29, 0.717) is 5.69 Å². The molecule has 0 unspecified atom stereocenters. The average Bonchev–Trinajstić information content (AvgIpc) is 2.62. The molecule has 7 nitrogen and oxygen atoms in total. The Bertz CT molecular complexity index is 1080. The lowest BCUT2D eigenvalue weighted by Crippen LogP contribution is -2.08. The number of rotatable bonds is 5. The molecule has 0 spiro atoms. The van der Waals surface area contributed by atoms with Crippen LogP contribution < -0.4 is 10.6 Å². The standard InChI is InChI=1S/C18H13ClF3N5O2/c1-10-3-2-4-11(7-10)25-16-15(27(28)29)17(24-9-23-16)26-12-5-6-14(19)13(8-12)18(20,21)22/h2-9H,1H3,(H2,23,24,25,26). The van der Waals surface area contributed by atoms with Crippen LogP contribution in [-0.4, -0.2) is 14.9 Å². The molecule has 0 amide bonds. The molecule has 3 rings (SSSR count). The molecule has 29 heavy (non-hydrogen) atoms. The van der Waals surface area contributed by atoms with Gasteiger partial charge in [-0.2, -0.15) is 13.2 Å². The second-order valence-corrected chi connectivity index (χ2v) is 6.40. The molecule has 3 aromatic rings. The van der Waals surface area contributed by atoms with E-state index in [2.05, 4.69) is 20.6 Å². The summed E-state index contributed by atoms with van der Waals surface area (Å²) in [5.41, 5.74) is -0.170. The molecule has 0 bridgehead atoms. The predicted molar refractivity (Wildman–Crippen MR) is 103 cm³/mol. The number of anilines is 4. The van der Waals surface area contributed by atoms with Crippen molar-refractivity contribution in [3.05, 3.63) is 75.1 Å². The molecular formula is C18H13ClF3N5O2. The SMILES string of the molecule is Cc1cccc(Nc2ncnc(Nc3ccc(Cl)c(C(F)(F)F)c3)c2[N+](=O)[O-])c1. The van der Waals surface area contributed by atoms with Crippen LogP contribution >= 0.6 is 11.6 Å². The van der Waals surface area contributed by atoms with Gasteiger partial charge in [-0.1, -0.05) is 23.7 Å². The van der Waals surface area contributed by atoms with E-state index in [1.54, 1.807) is 18.2 Å². The summed E-state index contributed by atoms with van der Waals surface area (Å²) in [4.78, 5) is 18.6. The fourth-order valence-electron chi connectivity index (χ4n) is 2.55. The number of nitro groups is 1. The van der Waals surface area contributed by atoms with Gasteiger partial charge in [0.15, 0.2) is 0 Å². The normalized spacial score (nSPS) is 11.2. The molecule has 0 fully saturated rings. The minimum atomic E-state index is -4.68. The highest BCUT2D eigenvalue weighted by molar-refractivity contribution is 6.31. The zero-order valence-corrected chi connectivity index (χ0v) is 15.5. The third-order valence-corrected chi connectivity index (χ3v) is 4.15. The number of aromatic nitrogens is 2. The van der Waals surface area contributed by atoms with E-state index in [4.69, 9.17) is 11.6 Å². The number of nitrogens with one attached hydrogen (secondary N) is 2. The van der Waals surface area contributed by atoms with Gasteiger partial charge in [-0.05, 0) is 42.8 Å². The zero-order chi connectivity index (χ0) is 21.2. The molecule has 2 aromatic carbocycles. The van der Waals surface area contributed by atoms with E-state index < -0.39 is 27.4 Å². The van der Waals surface area contributed by atoms with Gasteiger partial charge in [0, 0.05) is 11.4 Å². The first-order chi connectivity index (χ1) is 13.6. The number of alkyl halides is 3.